The van der Waals surface area contributed by atoms with Crippen molar-refractivity contribution in [3.8, 4) is 0 Å². The fourth-order valence-electron chi connectivity index (χ4n) is 4.96. The number of pyridine rings is 1. The van der Waals surface area contributed by atoms with Gasteiger partial charge in [-0.25, -0.2) is 0 Å². The molecule has 6 heteroatoms. The van der Waals surface area contributed by atoms with E-state index < -0.39 is 6.04 Å². The molecule has 1 N–H and O–H groups in total. The molecule has 2 aromatic heterocycles. The Kier molecular flexibility index (Phi) is 8.70. The van der Waals surface area contributed by atoms with Crippen LogP contribution in [-0.2, 0) is 16.0 Å². The fourth-order valence-corrected chi connectivity index (χ4v) is 5.65. The highest BCUT2D eigenvalue weighted by Crippen LogP contribution is 2.27. The van der Waals surface area contributed by atoms with Crippen LogP contribution >= 0.6 is 11.3 Å². The van der Waals surface area contributed by atoms with E-state index >= 15 is 0 Å². The monoisotopic (exact) mass is 465 g/mol. The van der Waals surface area contributed by atoms with Crippen LogP contribution in [0, 0.1) is 0 Å². The normalized spacial score (nSPS) is 17.8. The maximum atomic E-state index is 13.7. The van der Waals surface area contributed by atoms with Crippen LogP contribution in [0.2, 0.25) is 0 Å². The lowest BCUT2D eigenvalue weighted by molar-refractivity contribution is -0.141. The third-order valence-corrected chi connectivity index (χ3v) is 7.64. The molecule has 1 fully saturated rings. The first-order valence-corrected chi connectivity index (χ1v) is 13.3. The second-order valence-corrected chi connectivity index (χ2v) is 10.2. The van der Waals surface area contributed by atoms with Gasteiger partial charge in [0.25, 0.3) is 0 Å². The smallest absolute Gasteiger partial charge is 0.249 e. The van der Waals surface area contributed by atoms with Gasteiger partial charge in [-0.05, 0) is 68.5 Å². The minimum atomic E-state index is -0.704. The highest BCUT2D eigenvalue weighted by Gasteiger charge is 2.33. The third kappa shape index (κ3) is 6.76. The molecule has 2 aliphatic rings. The van der Waals surface area contributed by atoms with Crippen molar-refractivity contribution >= 4 is 23.2 Å². The first-order valence-electron chi connectivity index (χ1n) is 12.4. The molecule has 4 rings (SSSR count). The van der Waals surface area contributed by atoms with Crippen LogP contribution in [0.25, 0.3) is 0 Å². The molecular weight excluding hydrogens is 430 g/mol. The summed E-state index contributed by atoms with van der Waals surface area (Å²) < 4.78 is 0. The van der Waals surface area contributed by atoms with E-state index in [-0.39, 0.29) is 17.9 Å². The zero-order chi connectivity index (χ0) is 22.9. The Hall–Kier alpha value is -2.47. The molecule has 2 amide bonds. The summed E-state index contributed by atoms with van der Waals surface area (Å²) in [5, 5.41) is 5.26. The van der Waals surface area contributed by atoms with Gasteiger partial charge in [-0.15, -0.1) is 11.3 Å². The maximum absolute atomic E-state index is 13.7. The van der Waals surface area contributed by atoms with Gasteiger partial charge in [-0.3, -0.25) is 14.6 Å². The number of rotatable bonds is 9. The average Bonchev–Trinajstić information content (AvgIpc) is 3.36. The summed E-state index contributed by atoms with van der Waals surface area (Å²) in [6.07, 6.45) is 15.4. The van der Waals surface area contributed by atoms with Crippen molar-refractivity contribution in [3.05, 3.63) is 64.1 Å². The molecule has 2 heterocycles. The summed E-state index contributed by atoms with van der Waals surface area (Å²) in [5.74, 6) is -0.110. The van der Waals surface area contributed by atoms with Crippen LogP contribution in [0.4, 0.5) is 0 Å². The Labute approximate surface area is 201 Å². The number of hydrogen-bond acceptors (Lipinski definition) is 4. The van der Waals surface area contributed by atoms with E-state index in [9.17, 15) is 9.59 Å². The molecule has 176 valence electrons. The number of thiophene rings is 1. The number of carbonyl (C=O) groups is 2. The minimum Gasteiger partial charge on any atom is -0.351 e. The molecule has 1 unspecified atom stereocenters. The molecular formula is C27H35N3O2S. The Morgan fingerprint density at radius 3 is 2.67 bits per heavy atom. The highest BCUT2D eigenvalue weighted by molar-refractivity contribution is 7.10. The predicted molar refractivity (Wildman–Crippen MR) is 133 cm³/mol. The molecule has 0 aliphatic heterocycles. The largest absolute Gasteiger partial charge is 0.351 e. The summed E-state index contributed by atoms with van der Waals surface area (Å²) in [6, 6.07) is 9.06. The Bertz CT molecular complexity index is 920. The number of allylic oxidation sites excluding steroid dienone is 1. The van der Waals surface area contributed by atoms with Gasteiger partial charge in [-0.1, -0.05) is 43.0 Å². The first-order chi connectivity index (χ1) is 16.2. The van der Waals surface area contributed by atoms with Crippen LogP contribution in [0.15, 0.2) is 53.6 Å². The lowest BCUT2D eigenvalue weighted by Crippen LogP contribution is -2.48. The Morgan fingerprint density at radius 1 is 1.09 bits per heavy atom. The van der Waals surface area contributed by atoms with Crippen molar-refractivity contribution in [2.75, 3.05) is 6.54 Å². The molecule has 0 aromatic carbocycles. The third-order valence-electron chi connectivity index (χ3n) is 6.76. The van der Waals surface area contributed by atoms with E-state index in [1.54, 1.807) is 22.4 Å². The number of nitrogens with zero attached hydrogens (tertiary/aromatic N) is 2. The Balaban J connectivity index is 1.59. The predicted octanol–water partition coefficient (Wildman–Crippen LogP) is 5.59. The van der Waals surface area contributed by atoms with Crippen molar-refractivity contribution in [3.63, 3.8) is 0 Å². The van der Waals surface area contributed by atoms with Crippen LogP contribution in [-0.4, -0.2) is 34.3 Å². The number of carbonyl (C=O) groups excluding carboxylic acids is 2. The van der Waals surface area contributed by atoms with Gasteiger partial charge < -0.3 is 10.2 Å². The summed E-state index contributed by atoms with van der Waals surface area (Å²) in [5.41, 5.74) is 2.05. The molecule has 1 atom stereocenters. The van der Waals surface area contributed by atoms with Crippen LogP contribution < -0.4 is 5.32 Å². The molecule has 0 bridgehead atoms. The summed E-state index contributed by atoms with van der Waals surface area (Å²) >= 11 is 1.58. The van der Waals surface area contributed by atoms with Gasteiger partial charge in [0.05, 0.1) is 12.1 Å². The topological polar surface area (TPSA) is 62.3 Å². The minimum absolute atomic E-state index is 0.0108. The zero-order valence-electron chi connectivity index (χ0n) is 19.4. The lowest BCUT2D eigenvalue weighted by Gasteiger charge is -2.33. The van der Waals surface area contributed by atoms with Crippen LogP contribution in [0.3, 0.4) is 0 Å². The van der Waals surface area contributed by atoms with Crippen molar-refractivity contribution < 1.29 is 9.59 Å². The maximum Gasteiger partial charge on any atom is 0.249 e. The van der Waals surface area contributed by atoms with E-state index in [4.69, 9.17) is 0 Å². The quantitative estimate of drug-likeness (QED) is 0.491. The Morgan fingerprint density at radius 2 is 1.97 bits per heavy atom. The van der Waals surface area contributed by atoms with E-state index in [0.29, 0.717) is 18.7 Å². The van der Waals surface area contributed by atoms with Crippen molar-refractivity contribution in [2.45, 2.75) is 82.7 Å². The molecule has 33 heavy (non-hydrogen) atoms. The number of aromatic nitrogens is 1. The second kappa shape index (κ2) is 12.1. The van der Waals surface area contributed by atoms with E-state index in [0.717, 1.165) is 49.8 Å². The fraction of sp³-hybridized carbons (Fsp3) is 0.519. The average molecular weight is 466 g/mol. The van der Waals surface area contributed by atoms with E-state index in [1.165, 1.54) is 24.8 Å². The molecule has 2 aliphatic carbocycles. The van der Waals surface area contributed by atoms with Crippen molar-refractivity contribution in [1.29, 1.82) is 0 Å². The number of hydrogen-bond donors (Lipinski definition) is 1. The first kappa shape index (κ1) is 23.7. The number of nitrogens with one attached hydrogen (secondary N) is 1. The molecule has 5 nitrogen and oxygen atoms in total. The van der Waals surface area contributed by atoms with Gasteiger partial charge in [0, 0.05) is 23.7 Å². The highest BCUT2D eigenvalue weighted by atomic mass is 32.1. The summed E-state index contributed by atoms with van der Waals surface area (Å²) in [7, 11) is 0. The SMILES string of the molecule is O=C(NC1CCCCC1)C(c1ccccn1)N(CCC1=CCCCC1)C(=O)Cc1cccs1. The molecule has 0 saturated heterocycles. The van der Waals surface area contributed by atoms with Gasteiger partial charge in [-0.2, -0.15) is 0 Å². The van der Waals surface area contributed by atoms with Gasteiger partial charge in [0.15, 0.2) is 6.04 Å². The number of amides is 2. The molecule has 0 spiro atoms. The van der Waals surface area contributed by atoms with Crippen LogP contribution in [0.5, 0.6) is 0 Å². The zero-order valence-corrected chi connectivity index (χ0v) is 20.2. The lowest BCUT2D eigenvalue weighted by atomic mass is 9.94. The van der Waals surface area contributed by atoms with Gasteiger partial charge in [0.1, 0.15) is 0 Å². The second-order valence-electron chi connectivity index (χ2n) is 9.20. The van der Waals surface area contributed by atoms with E-state index in [2.05, 4.69) is 16.4 Å². The van der Waals surface area contributed by atoms with Gasteiger partial charge in [0.2, 0.25) is 11.8 Å². The van der Waals surface area contributed by atoms with E-state index in [1.807, 2.05) is 35.7 Å². The molecule has 0 radical (unpaired) electrons. The summed E-state index contributed by atoms with van der Waals surface area (Å²) in [6.45, 7) is 0.537. The van der Waals surface area contributed by atoms with Crippen molar-refractivity contribution in [1.82, 2.24) is 15.2 Å². The standard InChI is InChI=1S/C27H35N3O2S/c31-25(20-23-14-9-19-33-23)30(18-16-21-10-3-1-4-11-21)26(24-15-7-8-17-28-24)27(32)29-22-12-5-2-6-13-22/h7-10,14-15,17,19,22,26H,1-6,11-13,16,18,20H2,(H,29,32). The molecule has 2 aromatic rings. The van der Waals surface area contributed by atoms with Crippen LogP contribution in [0.1, 0.15) is 80.8 Å². The van der Waals surface area contributed by atoms with Gasteiger partial charge >= 0.3 is 0 Å². The molecule has 1 saturated carbocycles. The van der Waals surface area contributed by atoms with Crippen molar-refractivity contribution in [2.24, 2.45) is 0 Å². The summed E-state index contributed by atoms with van der Waals surface area (Å²) in [4.78, 5) is 34.6.